The first-order valence-electron chi connectivity index (χ1n) is 4.31. The molecular weight excluding hydrogens is 198 g/mol. The fourth-order valence-electron chi connectivity index (χ4n) is 1.07. The van der Waals surface area contributed by atoms with Crippen LogP contribution in [0.15, 0.2) is 12.1 Å². The van der Waals surface area contributed by atoms with Gasteiger partial charge in [-0.15, -0.1) is 11.3 Å². The molecule has 3 heteroatoms. The fourth-order valence-corrected chi connectivity index (χ4v) is 2.93. The van der Waals surface area contributed by atoms with E-state index in [4.69, 9.17) is 0 Å². The number of hydrogen-bond acceptors (Lipinski definition) is 3. The third kappa shape index (κ3) is 4.16. The average Bonchev–Trinajstić information content (AvgIpc) is 2.48. The maximum Gasteiger partial charge on any atom is 0.0321 e. The molecule has 0 saturated heterocycles. The molecule has 0 amide bonds. The Kier molecular flexibility index (Phi) is 4.84. The first-order chi connectivity index (χ1) is 6.22. The molecule has 0 fully saturated rings. The van der Waals surface area contributed by atoms with Crippen molar-refractivity contribution in [1.29, 1.82) is 0 Å². The molecule has 0 N–H and O–H groups in total. The highest BCUT2D eigenvalue weighted by Gasteiger charge is 2.00. The summed E-state index contributed by atoms with van der Waals surface area (Å²) in [6, 6.07) is 4.45. The Morgan fingerprint density at radius 3 is 2.69 bits per heavy atom. The van der Waals surface area contributed by atoms with Crippen molar-refractivity contribution >= 4 is 23.1 Å². The summed E-state index contributed by atoms with van der Waals surface area (Å²) >= 11 is 3.79. The van der Waals surface area contributed by atoms with Crippen molar-refractivity contribution in [2.45, 2.75) is 12.3 Å². The van der Waals surface area contributed by atoms with Crippen LogP contribution in [0.25, 0.3) is 0 Å². The number of rotatable bonds is 5. The summed E-state index contributed by atoms with van der Waals surface area (Å²) in [6.07, 6.45) is 0. The monoisotopic (exact) mass is 214 g/mol. The molecule has 13 heavy (non-hydrogen) atoms. The van der Waals surface area contributed by atoms with E-state index in [9.17, 15) is 0 Å². The fraction of sp³-hybridized carbons (Fsp3) is 0.500. The van der Waals surface area contributed by atoms with Crippen molar-refractivity contribution in [3.8, 4) is 0 Å². The van der Waals surface area contributed by atoms with Gasteiger partial charge in [-0.3, -0.25) is 0 Å². The number of thioether (sulfide) groups is 1. The molecular formula is C10H16NS2. The van der Waals surface area contributed by atoms with Gasteiger partial charge < -0.3 is 4.90 Å². The van der Waals surface area contributed by atoms with E-state index in [2.05, 4.69) is 38.1 Å². The van der Waals surface area contributed by atoms with Crippen LogP contribution in [0.4, 0.5) is 0 Å². The van der Waals surface area contributed by atoms with Crippen LogP contribution in [0, 0.1) is 6.92 Å². The lowest BCUT2D eigenvalue weighted by molar-refractivity contribution is 0.406. The summed E-state index contributed by atoms with van der Waals surface area (Å²) in [5.74, 6) is 2.07. The molecule has 0 spiro atoms. The molecule has 1 heterocycles. The molecule has 1 aromatic heterocycles. The van der Waals surface area contributed by atoms with Gasteiger partial charge in [0.1, 0.15) is 0 Å². The van der Waals surface area contributed by atoms with Crippen molar-refractivity contribution in [2.24, 2.45) is 0 Å². The van der Waals surface area contributed by atoms with Crippen molar-refractivity contribution in [3.63, 3.8) is 0 Å². The number of hydrogen-bond donors (Lipinski definition) is 0. The van der Waals surface area contributed by atoms with Gasteiger partial charge in [-0.1, -0.05) is 0 Å². The first kappa shape index (κ1) is 11.1. The summed E-state index contributed by atoms with van der Waals surface area (Å²) in [5.41, 5.74) is 0. The van der Waals surface area contributed by atoms with E-state index in [0.29, 0.717) is 0 Å². The lowest BCUT2D eigenvalue weighted by Crippen LogP contribution is -2.09. The van der Waals surface area contributed by atoms with E-state index >= 15 is 0 Å². The maximum absolute atomic E-state index is 3.82. The summed E-state index contributed by atoms with van der Waals surface area (Å²) in [5, 5.41) is 0. The van der Waals surface area contributed by atoms with Gasteiger partial charge in [-0.05, 0) is 38.9 Å². The second-order valence-electron chi connectivity index (χ2n) is 3.16. The largest absolute Gasteiger partial charge is 0.304 e. The molecule has 1 rings (SSSR count). The second kappa shape index (κ2) is 5.68. The highest BCUT2D eigenvalue weighted by atomic mass is 32.2. The minimum Gasteiger partial charge on any atom is -0.304 e. The minimum atomic E-state index is 0.959. The van der Waals surface area contributed by atoms with Crippen LogP contribution < -0.4 is 0 Å². The van der Waals surface area contributed by atoms with Crippen LogP contribution in [0.3, 0.4) is 0 Å². The lowest BCUT2D eigenvalue weighted by atomic mass is 10.4. The lowest BCUT2D eigenvalue weighted by Gasteiger charge is -2.05. The Balaban J connectivity index is 2.44. The molecule has 0 unspecified atom stereocenters. The standard InChI is InChI=1S/C10H16NS2/c1-4-12-8-10-6-5-9(13-10)7-11(2)3/h5-6H,1,4,7-8H2,2-3H3. The first-order valence-corrected chi connectivity index (χ1v) is 6.29. The third-order valence-corrected chi connectivity index (χ3v) is 3.63. The SMILES string of the molecule is [CH2]CSCc1ccc(CN(C)C)s1. The molecule has 0 aliphatic rings. The van der Waals surface area contributed by atoms with E-state index < -0.39 is 0 Å². The van der Waals surface area contributed by atoms with Crippen LogP contribution in [-0.2, 0) is 12.3 Å². The zero-order chi connectivity index (χ0) is 9.68. The second-order valence-corrected chi connectivity index (χ2v) is 5.52. The Bertz CT molecular complexity index is 243. The van der Waals surface area contributed by atoms with Gasteiger partial charge in [0.15, 0.2) is 0 Å². The molecule has 1 aromatic rings. The van der Waals surface area contributed by atoms with Crippen molar-refractivity contribution in [2.75, 3.05) is 19.8 Å². The van der Waals surface area contributed by atoms with Crippen LogP contribution in [0.1, 0.15) is 9.75 Å². The maximum atomic E-state index is 3.82. The number of nitrogens with zero attached hydrogens (tertiary/aromatic N) is 1. The highest BCUT2D eigenvalue weighted by molar-refractivity contribution is 7.98. The molecule has 0 atom stereocenters. The summed E-state index contributed by atoms with van der Waals surface area (Å²) < 4.78 is 0. The predicted molar refractivity (Wildman–Crippen MR) is 63.2 cm³/mol. The van der Waals surface area contributed by atoms with Crippen molar-refractivity contribution < 1.29 is 0 Å². The van der Waals surface area contributed by atoms with Gasteiger partial charge in [0, 0.05) is 22.1 Å². The predicted octanol–water partition coefficient (Wildman–Crippen LogP) is 2.88. The van der Waals surface area contributed by atoms with Crippen LogP contribution >= 0.6 is 23.1 Å². The molecule has 0 aromatic carbocycles. The zero-order valence-electron chi connectivity index (χ0n) is 8.25. The van der Waals surface area contributed by atoms with E-state index in [1.807, 2.05) is 23.1 Å². The van der Waals surface area contributed by atoms with Gasteiger partial charge in [0.25, 0.3) is 0 Å². The van der Waals surface area contributed by atoms with E-state index in [-0.39, 0.29) is 0 Å². The van der Waals surface area contributed by atoms with Crippen LogP contribution in [0.2, 0.25) is 0 Å². The molecule has 0 saturated carbocycles. The van der Waals surface area contributed by atoms with E-state index in [1.165, 1.54) is 9.75 Å². The highest BCUT2D eigenvalue weighted by Crippen LogP contribution is 2.21. The zero-order valence-corrected chi connectivity index (χ0v) is 9.88. The molecule has 0 aliphatic carbocycles. The Labute approximate surface area is 89.1 Å². The van der Waals surface area contributed by atoms with Gasteiger partial charge in [0.2, 0.25) is 0 Å². The topological polar surface area (TPSA) is 3.24 Å². The number of thiophene rings is 1. The van der Waals surface area contributed by atoms with Crippen LogP contribution in [-0.4, -0.2) is 24.7 Å². The molecule has 0 bridgehead atoms. The summed E-state index contributed by atoms with van der Waals surface area (Å²) in [4.78, 5) is 5.11. The Morgan fingerprint density at radius 1 is 1.38 bits per heavy atom. The quantitative estimate of drug-likeness (QED) is 0.741. The minimum absolute atomic E-state index is 0.959. The van der Waals surface area contributed by atoms with Crippen molar-refractivity contribution in [3.05, 3.63) is 28.8 Å². The molecule has 1 radical (unpaired) electrons. The van der Waals surface area contributed by atoms with Gasteiger partial charge in [0.05, 0.1) is 0 Å². The molecule has 0 aliphatic heterocycles. The Hall–Kier alpha value is 0.01000. The van der Waals surface area contributed by atoms with Gasteiger partial charge in [-0.2, -0.15) is 11.8 Å². The molecule has 73 valence electrons. The smallest absolute Gasteiger partial charge is 0.0321 e. The van der Waals surface area contributed by atoms with E-state index in [0.717, 1.165) is 18.1 Å². The van der Waals surface area contributed by atoms with Crippen LogP contribution in [0.5, 0.6) is 0 Å². The molecule has 1 nitrogen and oxygen atoms in total. The normalized spacial score (nSPS) is 11.1. The van der Waals surface area contributed by atoms with Crippen molar-refractivity contribution in [1.82, 2.24) is 4.90 Å². The van der Waals surface area contributed by atoms with Gasteiger partial charge in [-0.25, -0.2) is 0 Å². The third-order valence-electron chi connectivity index (χ3n) is 1.58. The average molecular weight is 214 g/mol. The van der Waals surface area contributed by atoms with Gasteiger partial charge >= 0.3 is 0 Å². The Morgan fingerprint density at radius 2 is 2.08 bits per heavy atom. The van der Waals surface area contributed by atoms with E-state index in [1.54, 1.807) is 0 Å². The summed E-state index contributed by atoms with van der Waals surface area (Å²) in [6.45, 7) is 4.87. The summed E-state index contributed by atoms with van der Waals surface area (Å²) in [7, 11) is 4.20.